The lowest BCUT2D eigenvalue weighted by atomic mass is 9.99. The molecule has 1 aliphatic rings. The van der Waals surface area contributed by atoms with Gasteiger partial charge in [0, 0.05) is 25.0 Å². The summed E-state index contributed by atoms with van der Waals surface area (Å²) in [5.41, 5.74) is 3.37. The molecular formula is C20H24N2O4S. The molecule has 0 saturated carbocycles. The third kappa shape index (κ3) is 4.31. The standard InChI is InChI=1S/C20H24N2O4S/c1-4-26-19-17(6-5-7-18(19)27(3,24)25)20(23)21-16-9-8-14-10-11-22(2)13-15(14)12-16/h5-9,12H,4,10-11,13H2,1-3H3,(H,21,23). The summed E-state index contributed by atoms with van der Waals surface area (Å²) in [5.74, 6) is -0.300. The first kappa shape index (κ1) is 19.4. The maximum absolute atomic E-state index is 12.8. The molecule has 1 aliphatic heterocycles. The van der Waals surface area contributed by atoms with Gasteiger partial charge in [-0.1, -0.05) is 12.1 Å². The monoisotopic (exact) mass is 388 g/mol. The summed E-state index contributed by atoms with van der Waals surface area (Å²) >= 11 is 0. The van der Waals surface area contributed by atoms with E-state index < -0.39 is 15.7 Å². The van der Waals surface area contributed by atoms with Gasteiger partial charge in [-0.2, -0.15) is 0 Å². The predicted molar refractivity (Wildman–Crippen MR) is 105 cm³/mol. The number of benzene rings is 2. The van der Waals surface area contributed by atoms with Crippen LogP contribution in [0, 0.1) is 0 Å². The number of rotatable bonds is 5. The topological polar surface area (TPSA) is 75.7 Å². The SMILES string of the molecule is CCOc1c(C(=O)Nc2ccc3c(c2)CN(C)CC3)cccc1S(C)(=O)=O. The highest BCUT2D eigenvalue weighted by atomic mass is 32.2. The van der Waals surface area contributed by atoms with Gasteiger partial charge in [0.05, 0.1) is 12.2 Å². The molecule has 0 bridgehead atoms. The lowest BCUT2D eigenvalue weighted by molar-refractivity contribution is 0.102. The van der Waals surface area contributed by atoms with Crippen molar-refractivity contribution in [1.82, 2.24) is 4.90 Å². The van der Waals surface area contributed by atoms with E-state index in [9.17, 15) is 13.2 Å². The van der Waals surface area contributed by atoms with Crippen LogP contribution in [-0.2, 0) is 22.8 Å². The highest BCUT2D eigenvalue weighted by molar-refractivity contribution is 7.90. The minimum Gasteiger partial charge on any atom is -0.492 e. The minimum absolute atomic E-state index is 0.0177. The third-order valence-electron chi connectivity index (χ3n) is 4.58. The second-order valence-corrected chi connectivity index (χ2v) is 8.75. The number of hydrogen-bond acceptors (Lipinski definition) is 5. The molecule has 0 aliphatic carbocycles. The normalized spacial score (nSPS) is 14.5. The predicted octanol–water partition coefficient (Wildman–Crippen LogP) is 2.73. The Kier molecular flexibility index (Phi) is 5.53. The molecule has 2 aromatic rings. The van der Waals surface area contributed by atoms with Crippen molar-refractivity contribution in [2.24, 2.45) is 0 Å². The number of nitrogens with zero attached hydrogens (tertiary/aromatic N) is 1. The van der Waals surface area contributed by atoms with Gasteiger partial charge in [0.15, 0.2) is 15.6 Å². The second kappa shape index (κ2) is 7.70. The Morgan fingerprint density at radius 1 is 1.22 bits per heavy atom. The molecule has 7 heteroatoms. The lowest BCUT2D eigenvalue weighted by Crippen LogP contribution is -2.26. The Morgan fingerprint density at radius 3 is 2.70 bits per heavy atom. The number of likely N-dealkylation sites (N-methyl/N-ethyl adjacent to an activating group) is 1. The van der Waals surface area contributed by atoms with Crippen LogP contribution in [0.2, 0.25) is 0 Å². The van der Waals surface area contributed by atoms with E-state index in [-0.39, 0.29) is 22.8 Å². The molecule has 0 radical (unpaired) electrons. The Bertz CT molecular complexity index is 970. The second-order valence-electron chi connectivity index (χ2n) is 6.76. The van der Waals surface area contributed by atoms with Crippen molar-refractivity contribution in [1.29, 1.82) is 0 Å². The van der Waals surface area contributed by atoms with Crippen LogP contribution in [0.4, 0.5) is 5.69 Å². The summed E-state index contributed by atoms with van der Waals surface area (Å²) in [6.07, 6.45) is 2.09. The van der Waals surface area contributed by atoms with Gasteiger partial charge in [-0.15, -0.1) is 0 Å². The quantitative estimate of drug-likeness (QED) is 0.852. The largest absolute Gasteiger partial charge is 0.492 e. The minimum atomic E-state index is -3.51. The zero-order chi connectivity index (χ0) is 19.6. The van der Waals surface area contributed by atoms with Gasteiger partial charge in [0.25, 0.3) is 5.91 Å². The number of ether oxygens (including phenoxy) is 1. The fourth-order valence-corrected chi connectivity index (χ4v) is 4.09. The number of fused-ring (bicyclic) bond motifs is 1. The highest BCUT2D eigenvalue weighted by Gasteiger charge is 2.22. The summed E-state index contributed by atoms with van der Waals surface area (Å²) in [6.45, 7) is 3.88. The molecule has 0 fully saturated rings. The van der Waals surface area contributed by atoms with Crippen molar-refractivity contribution in [2.45, 2.75) is 24.8 Å². The first-order chi connectivity index (χ1) is 12.8. The first-order valence-electron chi connectivity index (χ1n) is 8.87. The summed E-state index contributed by atoms with van der Waals surface area (Å²) < 4.78 is 29.6. The van der Waals surface area contributed by atoms with Crippen LogP contribution in [-0.4, -0.2) is 45.7 Å². The molecule has 1 N–H and O–H groups in total. The van der Waals surface area contributed by atoms with Crippen molar-refractivity contribution < 1.29 is 17.9 Å². The highest BCUT2D eigenvalue weighted by Crippen LogP contribution is 2.29. The number of anilines is 1. The van der Waals surface area contributed by atoms with E-state index in [2.05, 4.69) is 17.3 Å². The van der Waals surface area contributed by atoms with Crippen LogP contribution in [0.3, 0.4) is 0 Å². The summed E-state index contributed by atoms with van der Waals surface area (Å²) in [4.78, 5) is 15.1. The Labute approximate surface area is 160 Å². The Balaban J connectivity index is 1.92. The van der Waals surface area contributed by atoms with Gasteiger partial charge in [-0.05, 0) is 55.8 Å². The molecule has 6 nitrogen and oxygen atoms in total. The zero-order valence-corrected chi connectivity index (χ0v) is 16.6. The van der Waals surface area contributed by atoms with Crippen LogP contribution >= 0.6 is 0 Å². The number of amides is 1. The lowest BCUT2D eigenvalue weighted by Gasteiger charge is -2.25. The first-order valence-corrected chi connectivity index (χ1v) is 10.8. The molecule has 144 valence electrons. The molecule has 0 saturated heterocycles. The number of carbonyl (C=O) groups is 1. The summed E-state index contributed by atoms with van der Waals surface area (Å²) in [7, 11) is -1.44. The number of hydrogen-bond donors (Lipinski definition) is 1. The van der Waals surface area contributed by atoms with Crippen LogP contribution in [0.1, 0.15) is 28.4 Å². The van der Waals surface area contributed by atoms with Gasteiger partial charge in [-0.3, -0.25) is 4.79 Å². The van der Waals surface area contributed by atoms with Crippen molar-refractivity contribution in [3.05, 3.63) is 53.1 Å². The van der Waals surface area contributed by atoms with E-state index in [0.717, 1.165) is 25.8 Å². The maximum atomic E-state index is 12.8. The molecule has 0 aromatic heterocycles. The molecule has 0 spiro atoms. The fraction of sp³-hybridized carbons (Fsp3) is 0.350. The maximum Gasteiger partial charge on any atom is 0.259 e. The number of nitrogens with one attached hydrogen (secondary N) is 1. The molecule has 27 heavy (non-hydrogen) atoms. The van der Waals surface area contributed by atoms with E-state index in [1.807, 2.05) is 18.2 Å². The molecule has 2 aromatic carbocycles. The van der Waals surface area contributed by atoms with E-state index >= 15 is 0 Å². The Morgan fingerprint density at radius 2 is 2.00 bits per heavy atom. The van der Waals surface area contributed by atoms with Gasteiger partial charge in [0.2, 0.25) is 0 Å². The smallest absolute Gasteiger partial charge is 0.259 e. The van der Waals surface area contributed by atoms with Crippen molar-refractivity contribution in [2.75, 3.05) is 31.8 Å². The van der Waals surface area contributed by atoms with Crippen LogP contribution < -0.4 is 10.1 Å². The van der Waals surface area contributed by atoms with E-state index in [1.165, 1.54) is 17.2 Å². The molecule has 1 heterocycles. The van der Waals surface area contributed by atoms with E-state index in [4.69, 9.17) is 4.74 Å². The molecule has 0 atom stereocenters. The average Bonchev–Trinajstić information content (AvgIpc) is 2.60. The van der Waals surface area contributed by atoms with Crippen molar-refractivity contribution in [3.63, 3.8) is 0 Å². The fourth-order valence-electron chi connectivity index (χ4n) is 3.25. The summed E-state index contributed by atoms with van der Waals surface area (Å²) in [6, 6.07) is 10.5. The van der Waals surface area contributed by atoms with Gasteiger partial charge >= 0.3 is 0 Å². The van der Waals surface area contributed by atoms with E-state index in [0.29, 0.717) is 5.69 Å². The summed E-state index contributed by atoms with van der Waals surface area (Å²) in [5, 5.41) is 2.87. The molecular weight excluding hydrogens is 364 g/mol. The van der Waals surface area contributed by atoms with Crippen LogP contribution in [0.25, 0.3) is 0 Å². The van der Waals surface area contributed by atoms with Crippen LogP contribution in [0.5, 0.6) is 5.75 Å². The number of carbonyl (C=O) groups excluding carboxylic acids is 1. The van der Waals surface area contributed by atoms with Gasteiger partial charge < -0.3 is 15.0 Å². The van der Waals surface area contributed by atoms with Gasteiger partial charge in [-0.25, -0.2) is 8.42 Å². The molecule has 0 unspecified atom stereocenters. The van der Waals surface area contributed by atoms with Crippen molar-refractivity contribution in [3.8, 4) is 5.75 Å². The average molecular weight is 388 g/mol. The van der Waals surface area contributed by atoms with Crippen LogP contribution in [0.15, 0.2) is 41.3 Å². The van der Waals surface area contributed by atoms with E-state index in [1.54, 1.807) is 19.1 Å². The zero-order valence-electron chi connectivity index (χ0n) is 15.8. The molecule has 1 amide bonds. The number of sulfone groups is 1. The Hall–Kier alpha value is -2.38. The van der Waals surface area contributed by atoms with Gasteiger partial charge in [0.1, 0.15) is 4.90 Å². The molecule has 3 rings (SSSR count). The van der Waals surface area contributed by atoms with Crippen molar-refractivity contribution >= 4 is 21.4 Å². The number of para-hydroxylation sites is 1. The third-order valence-corrected chi connectivity index (χ3v) is 5.70.